The third kappa shape index (κ3) is 7.75. The van der Waals surface area contributed by atoms with E-state index in [1.807, 2.05) is 13.8 Å². The lowest BCUT2D eigenvalue weighted by Gasteiger charge is -2.12. The lowest BCUT2D eigenvalue weighted by molar-refractivity contribution is -0.140. The van der Waals surface area contributed by atoms with Crippen LogP contribution in [0, 0.1) is 5.92 Å². The van der Waals surface area contributed by atoms with Gasteiger partial charge in [0.15, 0.2) is 0 Å². The molecule has 14 heavy (non-hydrogen) atoms. The fourth-order valence-corrected chi connectivity index (χ4v) is 1.65. The molecule has 0 aliphatic heterocycles. The molecule has 0 aromatic heterocycles. The monoisotopic (exact) mass is 219 g/mol. The Morgan fingerprint density at radius 3 is 1.86 bits per heavy atom. The van der Waals surface area contributed by atoms with E-state index in [0.29, 0.717) is 12.5 Å². The maximum absolute atomic E-state index is 10.6. The molecule has 0 aromatic rings. The lowest BCUT2D eigenvalue weighted by atomic mass is 10.2. The zero-order chi connectivity index (χ0) is 11.1. The molecular weight excluding hydrogens is 204 g/mol. The maximum Gasteiger partial charge on any atom is 0.740 e. The van der Waals surface area contributed by atoms with E-state index in [1.165, 1.54) is 13.8 Å². The molecule has 0 saturated carbocycles. The Morgan fingerprint density at radius 1 is 1.14 bits per heavy atom. The van der Waals surface area contributed by atoms with Gasteiger partial charge in [-0.25, -0.2) is 0 Å². The number of hydrogen-bond donors (Lipinski definition) is 0. The van der Waals surface area contributed by atoms with Crippen molar-refractivity contribution in [2.75, 3.05) is 6.61 Å². The summed E-state index contributed by atoms with van der Waals surface area (Å²) in [6.07, 6.45) is 0. The molecule has 0 fully saturated rings. The van der Waals surface area contributed by atoms with E-state index in [0.717, 1.165) is 0 Å². The van der Waals surface area contributed by atoms with Gasteiger partial charge in [0.25, 0.3) is 11.9 Å². The Hall–Kier alpha value is -0.883. The van der Waals surface area contributed by atoms with Crippen molar-refractivity contribution < 1.29 is 22.9 Å². The van der Waals surface area contributed by atoms with Gasteiger partial charge in [-0.3, -0.25) is 9.59 Å². The first-order valence-electron chi connectivity index (χ1n) is 4.28. The van der Waals surface area contributed by atoms with Gasteiger partial charge in [-0.05, 0) is 5.92 Å². The highest BCUT2D eigenvalue weighted by Gasteiger charge is 2.27. The van der Waals surface area contributed by atoms with Crippen LogP contribution in [-0.4, -0.2) is 28.1 Å². The molecule has 0 aromatic carbocycles. The van der Waals surface area contributed by atoms with Crippen LogP contribution in [0.4, 0.5) is 0 Å². The predicted molar refractivity (Wildman–Crippen MR) is 50.1 cm³/mol. The van der Waals surface area contributed by atoms with Crippen LogP contribution < -0.4 is 0 Å². The molecule has 5 nitrogen and oxygen atoms in total. The van der Waals surface area contributed by atoms with Gasteiger partial charge in [-0.2, -0.15) is 0 Å². The summed E-state index contributed by atoms with van der Waals surface area (Å²) in [5.74, 6) is -0.728. The molecule has 0 amide bonds. The van der Waals surface area contributed by atoms with Crippen molar-refractivity contribution in [3.8, 4) is 0 Å². The minimum absolute atomic E-state index is 0.293. The Morgan fingerprint density at radius 2 is 1.57 bits per heavy atom. The van der Waals surface area contributed by atoms with Crippen molar-refractivity contribution in [2.24, 2.45) is 5.92 Å². The molecule has 0 unspecified atom stereocenters. The summed E-state index contributed by atoms with van der Waals surface area (Å²) in [5, 5.41) is 0. The van der Waals surface area contributed by atoms with E-state index in [9.17, 15) is 9.59 Å². The molecule has 0 N–H and O–H groups in total. The predicted octanol–water partition coefficient (Wildman–Crippen LogP) is 0.770. The first kappa shape index (κ1) is 13.1. The molecule has 1 radical (unpaired) electrons. The first-order chi connectivity index (χ1) is 6.41. The van der Waals surface area contributed by atoms with Crippen molar-refractivity contribution in [1.82, 2.24) is 0 Å². The second kappa shape index (κ2) is 6.55. The molecule has 0 aliphatic carbocycles. The number of rotatable bonds is 5. The summed E-state index contributed by atoms with van der Waals surface area (Å²) in [7, 11) is -2.24. The second-order valence-corrected chi connectivity index (χ2v) is 4.34. The zero-order valence-electron chi connectivity index (χ0n) is 8.83. The molecule has 0 spiro atoms. The summed E-state index contributed by atoms with van der Waals surface area (Å²) < 4.78 is 14.6. The Bertz CT molecular complexity index is 188. The third-order valence-corrected chi connectivity index (χ3v) is 2.30. The van der Waals surface area contributed by atoms with Crippen molar-refractivity contribution in [3.05, 3.63) is 0 Å². The molecule has 0 rings (SSSR count). The zero-order valence-corrected chi connectivity index (χ0v) is 9.83. The van der Waals surface area contributed by atoms with Crippen LogP contribution in [0.5, 0.6) is 0 Å². The van der Waals surface area contributed by atoms with Crippen molar-refractivity contribution in [3.63, 3.8) is 0 Å². The summed E-state index contributed by atoms with van der Waals surface area (Å²) in [5.41, 5.74) is 0. The molecular formula is C8H15O5Si. The topological polar surface area (TPSA) is 61.8 Å². The van der Waals surface area contributed by atoms with Gasteiger partial charge >= 0.3 is 9.53 Å². The van der Waals surface area contributed by atoms with Gasteiger partial charge in [0.2, 0.25) is 0 Å². The molecule has 81 valence electrons. The largest absolute Gasteiger partial charge is 0.740 e. The van der Waals surface area contributed by atoms with Gasteiger partial charge in [0, 0.05) is 20.5 Å². The highest BCUT2D eigenvalue weighted by Crippen LogP contribution is 1.99. The third-order valence-electron chi connectivity index (χ3n) is 0.989. The minimum atomic E-state index is -2.24. The molecule has 0 atom stereocenters. The Labute approximate surface area is 85.3 Å². The van der Waals surface area contributed by atoms with E-state index < -0.39 is 21.5 Å². The standard InChI is InChI=1S/C8H15O5Si/c1-6(2)5-11-14(12-7(3)9)13-8(4)10/h6H,5H2,1-4H3. The second-order valence-electron chi connectivity index (χ2n) is 3.14. The van der Waals surface area contributed by atoms with Crippen molar-refractivity contribution in [1.29, 1.82) is 0 Å². The first-order valence-corrected chi connectivity index (χ1v) is 5.51. The summed E-state index contributed by atoms with van der Waals surface area (Å²) in [4.78, 5) is 21.2. The van der Waals surface area contributed by atoms with Crippen LogP contribution in [0.2, 0.25) is 0 Å². The minimum Gasteiger partial charge on any atom is -0.461 e. The van der Waals surface area contributed by atoms with Crippen LogP contribution in [0.1, 0.15) is 27.7 Å². The van der Waals surface area contributed by atoms with Gasteiger partial charge in [0.05, 0.1) is 0 Å². The molecule has 0 bridgehead atoms. The van der Waals surface area contributed by atoms with Crippen LogP contribution in [-0.2, 0) is 22.9 Å². The number of carbonyl (C=O) groups excluding carboxylic acids is 2. The van der Waals surface area contributed by atoms with Crippen LogP contribution in [0.3, 0.4) is 0 Å². The molecule has 0 heterocycles. The van der Waals surface area contributed by atoms with Crippen molar-refractivity contribution >= 4 is 21.5 Å². The normalized spacial score (nSPS) is 10.4. The molecule has 6 heteroatoms. The van der Waals surface area contributed by atoms with Crippen LogP contribution in [0.15, 0.2) is 0 Å². The van der Waals surface area contributed by atoms with E-state index in [-0.39, 0.29) is 0 Å². The van der Waals surface area contributed by atoms with E-state index in [1.54, 1.807) is 0 Å². The Kier molecular flexibility index (Phi) is 6.14. The SMILES string of the molecule is CC(=O)O[Si](OCC(C)C)OC(C)=O. The van der Waals surface area contributed by atoms with Crippen LogP contribution in [0.25, 0.3) is 0 Å². The summed E-state index contributed by atoms with van der Waals surface area (Å²) in [6.45, 7) is 6.77. The fraction of sp³-hybridized carbons (Fsp3) is 0.750. The average molecular weight is 219 g/mol. The average Bonchev–Trinajstić information content (AvgIpc) is 1.97. The molecule has 0 aliphatic rings. The van der Waals surface area contributed by atoms with Gasteiger partial charge in [-0.15, -0.1) is 0 Å². The quantitative estimate of drug-likeness (QED) is 0.639. The number of carbonyl (C=O) groups is 2. The van der Waals surface area contributed by atoms with E-state index in [4.69, 9.17) is 13.3 Å². The summed E-state index contributed by atoms with van der Waals surface area (Å²) >= 11 is 0. The van der Waals surface area contributed by atoms with E-state index in [2.05, 4.69) is 0 Å². The number of hydrogen-bond acceptors (Lipinski definition) is 5. The smallest absolute Gasteiger partial charge is 0.461 e. The maximum atomic E-state index is 10.6. The van der Waals surface area contributed by atoms with Gasteiger partial charge in [0.1, 0.15) is 0 Å². The van der Waals surface area contributed by atoms with Crippen molar-refractivity contribution in [2.45, 2.75) is 27.7 Å². The summed E-state index contributed by atoms with van der Waals surface area (Å²) in [6, 6.07) is 0. The highest BCUT2D eigenvalue weighted by atomic mass is 28.3. The fourth-order valence-electron chi connectivity index (χ4n) is 0.549. The molecule has 0 saturated heterocycles. The Balaban J connectivity index is 3.96. The van der Waals surface area contributed by atoms with Crippen LogP contribution >= 0.6 is 0 Å². The lowest BCUT2D eigenvalue weighted by Crippen LogP contribution is -2.32. The van der Waals surface area contributed by atoms with Gasteiger partial charge in [-0.1, -0.05) is 13.8 Å². The van der Waals surface area contributed by atoms with Gasteiger partial charge < -0.3 is 13.3 Å². The highest BCUT2D eigenvalue weighted by molar-refractivity contribution is 6.41. The van der Waals surface area contributed by atoms with E-state index >= 15 is 0 Å².